The van der Waals surface area contributed by atoms with E-state index in [-0.39, 0.29) is 5.41 Å². The van der Waals surface area contributed by atoms with E-state index < -0.39 is 0 Å². The molecule has 1 aromatic heterocycles. The fourth-order valence-corrected chi connectivity index (χ4v) is 2.47. The minimum atomic E-state index is 0.0773. The Morgan fingerprint density at radius 3 is 2.52 bits per heavy atom. The van der Waals surface area contributed by atoms with Gasteiger partial charge in [0, 0.05) is 24.0 Å². The predicted molar refractivity (Wildman–Crippen MR) is 98.6 cm³/mol. The summed E-state index contributed by atoms with van der Waals surface area (Å²) in [5, 5.41) is 6.75. The summed E-state index contributed by atoms with van der Waals surface area (Å²) in [4.78, 5) is 9.05. The number of nitrogens with one attached hydrogen (secondary N) is 2. The summed E-state index contributed by atoms with van der Waals surface area (Å²) >= 11 is 0. The van der Waals surface area contributed by atoms with Crippen molar-refractivity contribution in [2.24, 2.45) is 0 Å². The number of para-hydroxylation sites is 1. The van der Waals surface area contributed by atoms with E-state index in [0.717, 1.165) is 36.6 Å². The summed E-state index contributed by atoms with van der Waals surface area (Å²) in [6.45, 7) is 11.7. The van der Waals surface area contributed by atoms with Crippen molar-refractivity contribution in [2.75, 3.05) is 17.2 Å². The van der Waals surface area contributed by atoms with Crippen molar-refractivity contribution in [1.29, 1.82) is 0 Å². The summed E-state index contributed by atoms with van der Waals surface area (Å²) in [6, 6.07) is 10.4. The maximum absolute atomic E-state index is 4.59. The van der Waals surface area contributed by atoms with E-state index in [9.17, 15) is 0 Å². The molecule has 0 atom stereocenters. The minimum Gasteiger partial charge on any atom is -0.354 e. The first kappa shape index (κ1) is 17.3. The van der Waals surface area contributed by atoms with Gasteiger partial charge in [0.25, 0.3) is 0 Å². The maximum Gasteiger partial charge on any atom is 0.224 e. The monoisotopic (exact) mass is 312 g/mol. The smallest absolute Gasteiger partial charge is 0.224 e. The van der Waals surface area contributed by atoms with Crippen molar-refractivity contribution in [3.63, 3.8) is 0 Å². The van der Waals surface area contributed by atoms with Gasteiger partial charge in [-0.05, 0) is 30.4 Å². The molecule has 1 heterocycles. The van der Waals surface area contributed by atoms with E-state index in [0.29, 0.717) is 5.95 Å². The third kappa shape index (κ3) is 4.95. The van der Waals surface area contributed by atoms with Crippen molar-refractivity contribution >= 4 is 17.5 Å². The number of rotatable bonds is 6. The average Bonchev–Trinajstić information content (AvgIpc) is 2.46. The largest absolute Gasteiger partial charge is 0.354 e. The van der Waals surface area contributed by atoms with Crippen molar-refractivity contribution in [1.82, 2.24) is 9.97 Å². The third-order valence-electron chi connectivity index (χ3n) is 3.67. The number of aromatic nitrogens is 2. The molecular formula is C19H28N4. The molecule has 4 nitrogen and oxygen atoms in total. The van der Waals surface area contributed by atoms with Crippen LogP contribution < -0.4 is 10.6 Å². The van der Waals surface area contributed by atoms with Crippen LogP contribution in [0.3, 0.4) is 0 Å². The zero-order chi connectivity index (χ0) is 16.9. The number of aryl methyl sites for hydroxylation is 1. The van der Waals surface area contributed by atoms with Crippen LogP contribution in [0.4, 0.5) is 17.5 Å². The first-order valence-corrected chi connectivity index (χ1v) is 8.36. The molecule has 4 heteroatoms. The average molecular weight is 312 g/mol. The molecule has 0 saturated carbocycles. The number of anilines is 3. The number of hydrogen-bond acceptors (Lipinski definition) is 4. The van der Waals surface area contributed by atoms with Crippen LogP contribution >= 0.6 is 0 Å². The van der Waals surface area contributed by atoms with Crippen LogP contribution in [-0.2, 0) is 5.41 Å². The van der Waals surface area contributed by atoms with Gasteiger partial charge in [-0.25, -0.2) is 4.98 Å². The molecule has 0 amide bonds. The van der Waals surface area contributed by atoms with Crippen LogP contribution in [0.25, 0.3) is 0 Å². The van der Waals surface area contributed by atoms with Gasteiger partial charge in [-0.15, -0.1) is 0 Å². The standard InChI is InChI=1S/C19H28N4/c1-6-7-12-20-18-21-14(2)13-17(23-18)22-16-11-9-8-10-15(16)19(3,4)5/h8-11,13H,6-7,12H2,1-5H3,(H2,20,21,22,23). The molecule has 0 aliphatic rings. The molecule has 0 bridgehead atoms. The number of unbranched alkanes of at least 4 members (excludes halogenated alkanes) is 1. The van der Waals surface area contributed by atoms with Crippen molar-refractivity contribution in [3.8, 4) is 0 Å². The second-order valence-electron chi connectivity index (χ2n) is 6.92. The molecule has 1 aromatic carbocycles. The normalized spacial score (nSPS) is 11.3. The van der Waals surface area contributed by atoms with Crippen molar-refractivity contribution < 1.29 is 0 Å². The van der Waals surface area contributed by atoms with Crippen LogP contribution in [0.15, 0.2) is 30.3 Å². The van der Waals surface area contributed by atoms with Crippen LogP contribution in [0.5, 0.6) is 0 Å². The first-order chi connectivity index (χ1) is 10.9. The van der Waals surface area contributed by atoms with Gasteiger partial charge in [-0.3, -0.25) is 0 Å². The van der Waals surface area contributed by atoms with E-state index in [1.165, 1.54) is 5.56 Å². The van der Waals surface area contributed by atoms with Gasteiger partial charge >= 0.3 is 0 Å². The van der Waals surface area contributed by atoms with Crippen molar-refractivity contribution in [3.05, 3.63) is 41.6 Å². The Kier molecular flexibility index (Phi) is 5.59. The van der Waals surface area contributed by atoms with E-state index in [4.69, 9.17) is 0 Å². The maximum atomic E-state index is 4.59. The first-order valence-electron chi connectivity index (χ1n) is 8.36. The van der Waals surface area contributed by atoms with Gasteiger partial charge in [0.2, 0.25) is 5.95 Å². The molecule has 0 aliphatic heterocycles. The van der Waals surface area contributed by atoms with E-state index in [1.54, 1.807) is 0 Å². The molecular weight excluding hydrogens is 284 g/mol. The lowest BCUT2D eigenvalue weighted by atomic mass is 9.86. The molecule has 0 spiro atoms. The van der Waals surface area contributed by atoms with Gasteiger partial charge in [0.05, 0.1) is 0 Å². The molecule has 2 rings (SSSR count). The van der Waals surface area contributed by atoms with Crippen LogP contribution in [0, 0.1) is 6.92 Å². The van der Waals surface area contributed by atoms with Gasteiger partial charge < -0.3 is 10.6 Å². The highest BCUT2D eigenvalue weighted by Gasteiger charge is 2.17. The second-order valence-corrected chi connectivity index (χ2v) is 6.92. The highest BCUT2D eigenvalue weighted by molar-refractivity contribution is 5.63. The van der Waals surface area contributed by atoms with Gasteiger partial charge in [-0.1, -0.05) is 52.3 Å². The molecule has 0 unspecified atom stereocenters. The Balaban J connectivity index is 2.24. The fourth-order valence-electron chi connectivity index (χ4n) is 2.47. The van der Waals surface area contributed by atoms with E-state index >= 15 is 0 Å². The molecule has 124 valence electrons. The van der Waals surface area contributed by atoms with Crippen molar-refractivity contribution in [2.45, 2.75) is 52.9 Å². The van der Waals surface area contributed by atoms with Gasteiger partial charge in [0.15, 0.2) is 0 Å². The third-order valence-corrected chi connectivity index (χ3v) is 3.67. The second kappa shape index (κ2) is 7.44. The van der Waals surface area contributed by atoms with Crippen LogP contribution in [0.1, 0.15) is 51.8 Å². The molecule has 2 N–H and O–H groups in total. The van der Waals surface area contributed by atoms with E-state index in [1.807, 2.05) is 19.1 Å². The highest BCUT2D eigenvalue weighted by Crippen LogP contribution is 2.31. The van der Waals surface area contributed by atoms with Crippen LogP contribution in [0.2, 0.25) is 0 Å². The summed E-state index contributed by atoms with van der Waals surface area (Å²) in [5.74, 6) is 1.52. The predicted octanol–water partition coefficient (Wildman–Crippen LogP) is 5.04. The molecule has 0 fully saturated rings. The Bertz CT molecular complexity index is 644. The van der Waals surface area contributed by atoms with Crippen LogP contribution in [-0.4, -0.2) is 16.5 Å². The molecule has 0 aliphatic carbocycles. The minimum absolute atomic E-state index is 0.0773. The summed E-state index contributed by atoms with van der Waals surface area (Å²) in [5.41, 5.74) is 3.40. The lowest BCUT2D eigenvalue weighted by Gasteiger charge is -2.23. The summed E-state index contributed by atoms with van der Waals surface area (Å²) in [7, 11) is 0. The fraction of sp³-hybridized carbons (Fsp3) is 0.474. The zero-order valence-corrected chi connectivity index (χ0v) is 14.9. The summed E-state index contributed by atoms with van der Waals surface area (Å²) in [6.07, 6.45) is 2.27. The van der Waals surface area contributed by atoms with Gasteiger partial charge in [0.1, 0.15) is 5.82 Å². The molecule has 0 saturated heterocycles. The van der Waals surface area contributed by atoms with E-state index in [2.05, 4.69) is 66.5 Å². The number of hydrogen-bond donors (Lipinski definition) is 2. The Hall–Kier alpha value is -2.10. The SMILES string of the molecule is CCCCNc1nc(C)cc(Nc2ccccc2C(C)(C)C)n1. The van der Waals surface area contributed by atoms with Gasteiger partial charge in [-0.2, -0.15) is 4.98 Å². The molecule has 2 aromatic rings. The highest BCUT2D eigenvalue weighted by atomic mass is 15.1. The quantitative estimate of drug-likeness (QED) is 0.734. The lowest BCUT2D eigenvalue weighted by Crippen LogP contribution is -2.14. The number of benzene rings is 1. The Labute approximate surface area is 139 Å². The lowest BCUT2D eigenvalue weighted by molar-refractivity contribution is 0.592. The number of nitrogens with zero attached hydrogens (tertiary/aromatic N) is 2. The molecule has 0 radical (unpaired) electrons. The summed E-state index contributed by atoms with van der Waals surface area (Å²) < 4.78 is 0. The molecule has 23 heavy (non-hydrogen) atoms. The zero-order valence-electron chi connectivity index (χ0n) is 14.9. The topological polar surface area (TPSA) is 49.8 Å². The Morgan fingerprint density at radius 1 is 1.09 bits per heavy atom. The Morgan fingerprint density at radius 2 is 1.83 bits per heavy atom.